The maximum Gasteiger partial charge on any atom is 0.273 e. The SMILES string of the molecule is CCOc1cc(/C=N/NC(=O)c2ccccc2-n2cccc2)cc(Br)c1OCc1cccc(C)c1. The van der Waals surface area contributed by atoms with Gasteiger partial charge in [0.15, 0.2) is 11.5 Å². The van der Waals surface area contributed by atoms with E-state index in [1.54, 1.807) is 12.3 Å². The minimum Gasteiger partial charge on any atom is -0.490 e. The van der Waals surface area contributed by atoms with Crippen molar-refractivity contribution >= 4 is 28.1 Å². The predicted molar refractivity (Wildman–Crippen MR) is 142 cm³/mol. The first-order chi connectivity index (χ1) is 17.0. The molecule has 0 saturated carbocycles. The van der Waals surface area contributed by atoms with E-state index in [9.17, 15) is 4.79 Å². The fourth-order valence-electron chi connectivity index (χ4n) is 3.63. The zero-order valence-electron chi connectivity index (χ0n) is 19.6. The first-order valence-electron chi connectivity index (χ1n) is 11.3. The Bertz CT molecular complexity index is 1330. The van der Waals surface area contributed by atoms with Crippen molar-refractivity contribution < 1.29 is 14.3 Å². The van der Waals surface area contributed by atoms with Crippen molar-refractivity contribution in [1.82, 2.24) is 9.99 Å². The molecular weight excluding hydrogens is 506 g/mol. The molecule has 1 aromatic heterocycles. The maximum atomic E-state index is 12.8. The summed E-state index contributed by atoms with van der Waals surface area (Å²) < 4.78 is 14.5. The van der Waals surface area contributed by atoms with Crippen LogP contribution in [0.15, 0.2) is 94.8 Å². The molecule has 178 valence electrons. The van der Waals surface area contributed by atoms with Crippen molar-refractivity contribution in [2.45, 2.75) is 20.5 Å². The Kier molecular flexibility index (Phi) is 8.00. The summed E-state index contributed by atoms with van der Waals surface area (Å²) in [6, 6.07) is 23.1. The monoisotopic (exact) mass is 531 g/mol. The van der Waals surface area contributed by atoms with Gasteiger partial charge in [0.25, 0.3) is 5.91 Å². The number of nitrogens with zero attached hydrogens (tertiary/aromatic N) is 2. The Labute approximate surface area is 213 Å². The molecule has 6 nitrogen and oxygen atoms in total. The number of carbonyl (C=O) groups is 1. The van der Waals surface area contributed by atoms with Gasteiger partial charge in [0.2, 0.25) is 0 Å². The third-order valence-corrected chi connectivity index (χ3v) is 5.80. The summed E-state index contributed by atoms with van der Waals surface area (Å²) in [5.41, 5.74) is 6.93. The molecule has 7 heteroatoms. The number of hydrogen-bond donors (Lipinski definition) is 1. The highest BCUT2D eigenvalue weighted by Gasteiger charge is 2.13. The van der Waals surface area contributed by atoms with Gasteiger partial charge in [-0.15, -0.1) is 0 Å². The molecule has 0 fully saturated rings. The molecule has 0 aliphatic heterocycles. The molecule has 35 heavy (non-hydrogen) atoms. The van der Waals surface area contributed by atoms with Crippen molar-refractivity contribution in [3.8, 4) is 17.2 Å². The normalized spacial score (nSPS) is 10.9. The van der Waals surface area contributed by atoms with Gasteiger partial charge in [-0.1, -0.05) is 42.0 Å². The van der Waals surface area contributed by atoms with E-state index < -0.39 is 0 Å². The van der Waals surface area contributed by atoms with Gasteiger partial charge in [-0.05, 0) is 77.3 Å². The van der Waals surface area contributed by atoms with E-state index in [0.717, 1.165) is 21.3 Å². The summed E-state index contributed by atoms with van der Waals surface area (Å²) in [6.45, 7) is 4.88. The molecule has 4 rings (SSSR count). The van der Waals surface area contributed by atoms with Crippen LogP contribution in [0, 0.1) is 6.92 Å². The molecular formula is C28H26BrN3O3. The van der Waals surface area contributed by atoms with Crippen molar-refractivity contribution in [2.75, 3.05) is 6.61 Å². The van der Waals surface area contributed by atoms with Crippen molar-refractivity contribution in [3.63, 3.8) is 0 Å². The second kappa shape index (κ2) is 11.5. The van der Waals surface area contributed by atoms with Gasteiger partial charge in [0.05, 0.1) is 28.5 Å². The van der Waals surface area contributed by atoms with Crippen LogP contribution >= 0.6 is 15.9 Å². The van der Waals surface area contributed by atoms with E-state index in [-0.39, 0.29) is 5.91 Å². The van der Waals surface area contributed by atoms with Gasteiger partial charge in [-0.3, -0.25) is 4.79 Å². The fraction of sp³-hybridized carbons (Fsp3) is 0.143. The molecule has 0 saturated heterocycles. The van der Waals surface area contributed by atoms with Crippen LogP contribution in [0.4, 0.5) is 0 Å². The molecule has 0 aliphatic rings. The highest BCUT2D eigenvalue weighted by molar-refractivity contribution is 9.10. The quantitative estimate of drug-likeness (QED) is 0.204. The zero-order chi connectivity index (χ0) is 24.6. The molecule has 1 heterocycles. The van der Waals surface area contributed by atoms with Crippen molar-refractivity contribution in [1.29, 1.82) is 0 Å². The number of aromatic nitrogens is 1. The average Bonchev–Trinajstić information content (AvgIpc) is 3.39. The maximum absolute atomic E-state index is 12.8. The number of carbonyl (C=O) groups excluding carboxylic acids is 1. The number of rotatable bonds is 9. The number of ether oxygens (including phenoxy) is 2. The molecule has 3 aromatic carbocycles. The van der Waals surface area contributed by atoms with E-state index in [4.69, 9.17) is 9.47 Å². The van der Waals surface area contributed by atoms with Gasteiger partial charge in [-0.2, -0.15) is 5.10 Å². The van der Waals surface area contributed by atoms with Gasteiger partial charge in [-0.25, -0.2) is 5.43 Å². The number of hydrazone groups is 1. The van der Waals surface area contributed by atoms with Crippen LogP contribution in [0.2, 0.25) is 0 Å². The molecule has 0 unspecified atom stereocenters. The Balaban J connectivity index is 1.48. The van der Waals surface area contributed by atoms with Crippen LogP contribution in [0.3, 0.4) is 0 Å². The lowest BCUT2D eigenvalue weighted by Crippen LogP contribution is -2.19. The molecule has 0 radical (unpaired) electrons. The van der Waals surface area contributed by atoms with Crippen LogP contribution < -0.4 is 14.9 Å². The summed E-state index contributed by atoms with van der Waals surface area (Å²) in [5, 5.41) is 4.16. The number of aryl methyl sites for hydroxylation is 1. The number of amides is 1. The molecule has 1 amide bonds. The summed E-state index contributed by atoms with van der Waals surface area (Å²) in [4.78, 5) is 12.8. The number of halogens is 1. The topological polar surface area (TPSA) is 64.8 Å². The Morgan fingerprint density at radius 2 is 1.83 bits per heavy atom. The number of para-hydroxylation sites is 1. The van der Waals surface area contributed by atoms with E-state index in [1.165, 1.54) is 5.56 Å². The molecule has 0 aliphatic carbocycles. The Morgan fingerprint density at radius 1 is 1.03 bits per heavy atom. The number of benzene rings is 3. The van der Waals surface area contributed by atoms with Crippen LogP contribution in [-0.2, 0) is 6.61 Å². The highest BCUT2D eigenvalue weighted by Crippen LogP contribution is 2.37. The lowest BCUT2D eigenvalue weighted by molar-refractivity contribution is 0.0955. The lowest BCUT2D eigenvalue weighted by atomic mass is 10.1. The number of nitrogens with one attached hydrogen (secondary N) is 1. The average molecular weight is 532 g/mol. The van der Waals surface area contributed by atoms with Crippen LogP contribution in [0.1, 0.15) is 34.0 Å². The van der Waals surface area contributed by atoms with E-state index in [2.05, 4.69) is 45.5 Å². The minimum atomic E-state index is -0.298. The van der Waals surface area contributed by atoms with Crippen LogP contribution in [-0.4, -0.2) is 23.3 Å². The van der Waals surface area contributed by atoms with E-state index in [1.807, 2.05) is 78.5 Å². The third kappa shape index (κ3) is 6.19. The molecule has 0 spiro atoms. The Morgan fingerprint density at radius 3 is 2.60 bits per heavy atom. The second-order valence-corrected chi connectivity index (χ2v) is 8.70. The lowest BCUT2D eigenvalue weighted by Gasteiger charge is -2.15. The van der Waals surface area contributed by atoms with Gasteiger partial charge in [0, 0.05) is 12.4 Å². The first-order valence-corrected chi connectivity index (χ1v) is 12.0. The van der Waals surface area contributed by atoms with E-state index in [0.29, 0.717) is 30.3 Å². The third-order valence-electron chi connectivity index (χ3n) is 5.21. The predicted octanol–water partition coefficient (Wildman–Crippen LogP) is 6.29. The van der Waals surface area contributed by atoms with E-state index >= 15 is 0 Å². The van der Waals surface area contributed by atoms with Gasteiger partial charge >= 0.3 is 0 Å². The fourth-order valence-corrected chi connectivity index (χ4v) is 4.21. The summed E-state index contributed by atoms with van der Waals surface area (Å²) in [7, 11) is 0. The van der Waals surface area contributed by atoms with Crippen LogP contribution in [0.5, 0.6) is 11.5 Å². The zero-order valence-corrected chi connectivity index (χ0v) is 21.2. The summed E-state index contributed by atoms with van der Waals surface area (Å²) in [6.07, 6.45) is 5.36. The molecule has 0 bridgehead atoms. The molecule has 4 aromatic rings. The van der Waals surface area contributed by atoms with Crippen molar-refractivity contribution in [3.05, 3.63) is 112 Å². The van der Waals surface area contributed by atoms with Crippen molar-refractivity contribution in [2.24, 2.45) is 5.10 Å². The van der Waals surface area contributed by atoms with Gasteiger partial charge < -0.3 is 14.0 Å². The highest BCUT2D eigenvalue weighted by atomic mass is 79.9. The standard InChI is InChI=1S/C28H26BrN3O3/c1-3-34-26-17-22(16-24(29)27(26)35-19-21-10-8-9-20(2)15-21)18-30-31-28(33)23-11-4-5-12-25(23)32-13-6-7-14-32/h4-18H,3,19H2,1-2H3,(H,31,33)/b30-18+. The van der Waals surface area contributed by atoms with Gasteiger partial charge in [0.1, 0.15) is 6.61 Å². The first kappa shape index (κ1) is 24.3. The molecule has 1 N–H and O–H groups in total. The molecule has 0 atom stereocenters. The summed E-state index contributed by atoms with van der Waals surface area (Å²) in [5.74, 6) is 0.920. The Hall–Kier alpha value is -3.84. The smallest absolute Gasteiger partial charge is 0.273 e. The summed E-state index contributed by atoms with van der Waals surface area (Å²) >= 11 is 3.59. The second-order valence-electron chi connectivity index (χ2n) is 7.85. The largest absolute Gasteiger partial charge is 0.490 e. The van der Waals surface area contributed by atoms with Crippen LogP contribution in [0.25, 0.3) is 5.69 Å². The number of hydrogen-bond acceptors (Lipinski definition) is 4. The minimum absolute atomic E-state index is 0.298.